The van der Waals surface area contributed by atoms with E-state index in [4.69, 9.17) is 9.47 Å². The van der Waals surface area contributed by atoms with Crippen molar-refractivity contribution in [1.82, 2.24) is 5.43 Å². The van der Waals surface area contributed by atoms with Crippen LogP contribution in [0.15, 0.2) is 77.9 Å². The molecular weight excluding hydrogens is 350 g/mol. The number of methoxy groups -OCH3 is 1. The van der Waals surface area contributed by atoms with Gasteiger partial charge in [0.1, 0.15) is 18.1 Å². The Kier molecular flexibility index (Phi) is 6.64. The lowest BCUT2D eigenvalue weighted by molar-refractivity contribution is 0.305. The van der Waals surface area contributed by atoms with Gasteiger partial charge in [-0.25, -0.2) is 0 Å². The predicted molar refractivity (Wildman–Crippen MR) is 109 cm³/mol. The molecule has 0 radical (unpaired) electrons. The number of nitrogens with one attached hydrogen (secondary N) is 1. The molecule has 0 spiro atoms. The van der Waals surface area contributed by atoms with Gasteiger partial charge in [-0.05, 0) is 24.3 Å². The Morgan fingerprint density at radius 3 is 2.39 bits per heavy atom. The Labute approximate surface area is 164 Å². The molecule has 0 aromatic heterocycles. The van der Waals surface area contributed by atoms with E-state index in [1.54, 1.807) is 19.4 Å². The van der Waals surface area contributed by atoms with Gasteiger partial charge in [0, 0.05) is 16.7 Å². The van der Waals surface area contributed by atoms with Crippen molar-refractivity contribution in [2.75, 3.05) is 7.11 Å². The number of benzene rings is 3. The minimum Gasteiger partial charge on any atom is -0.496 e. The standard InChI is InChI=1S/C23H21N3O2/c1-27-22-12-6-4-9-19(22)15-25-26-16-20-10-5-7-13-23(20)28-17-21-11-3-2-8-18(21)14-24/h2-13,16,25H,15,17H2,1H3/b26-16+. The Hall–Kier alpha value is -3.78. The van der Waals surface area contributed by atoms with Gasteiger partial charge in [0.2, 0.25) is 0 Å². The number of hydrazone groups is 1. The Bertz CT molecular complexity index is 993. The van der Waals surface area contributed by atoms with Crippen molar-refractivity contribution in [3.8, 4) is 17.6 Å². The molecule has 140 valence electrons. The van der Waals surface area contributed by atoms with Crippen LogP contribution >= 0.6 is 0 Å². The van der Waals surface area contributed by atoms with Crippen molar-refractivity contribution < 1.29 is 9.47 Å². The van der Waals surface area contributed by atoms with Crippen LogP contribution in [0, 0.1) is 11.3 Å². The van der Waals surface area contributed by atoms with Crippen LogP contribution in [-0.2, 0) is 13.2 Å². The van der Waals surface area contributed by atoms with Crippen molar-refractivity contribution in [2.24, 2.45) is 5.10 Å². The van der Waals surface area contributed by atoms with E-state index in [9.17, 15) is 5.26 Å². The van der Waals surface area contributed by atoms with Crippen molar-refractivity contribution in [3.05, 3.63) is 95.1 Å². The lowest BCUT2D eigenvalue weighted by Crippen LogP contribution is -2.07. The highest BCUT2D eigenvalue weighted by atomic mass is 16.5. The molecule has 0 unspecified atom stereocenters. The summed E-state index contributed by atoms with van der Waals surface area (Å²) in [5.74, 6) is 1.53. The summed E-state index contributed by atoms with van der Waals surface area (Å²) in [7, 11) is 1.65. The zero-order valence-corrected chi connectivity index (χ0v) is 15.6. The maximum Gasteiger partial charge on any atom is 0.128 e. The van der Waals surface area contributed by atoms with Gasteiger partial charge >= 0.3 is 0 Å². The summed E-state index contributed by atoms with van der Waals surface area (Å²) >= 11 is 0. The quantitative estimate of drug-likeness (QED) is 0.474. The van der Waals surface area contributed by atoms with Crippen LogP contribution in [0.2, 0.25) is 0 Å². The summed E-state index contributed by atoms with van der Waals surface area (Å²) in [5, 5.41) is 13.5. The first-order chi connectivity index (χ1) is 13.8. The summed E-state index contributed by atoms with van der Waals surface area (Å²) < 4.78 is 11.3. The molecule has 1 N–H and O–H groups in total. The summed E-state index contributed by atoms with van der Waals surface area (Å²) in [6, 6.07) is 25.1. The first-order valence-electron chi connectivity index (χ1n) is 8.89. The largest absolute Gasteiger partial charge is 0.496 e. The molecule has 5 heteroatoms. The van der Waals surface area contributed by atoms with Crippen LogP contribution in [0.4, 0.5) is 0 Å². The van der Waals surface area contributed by atoms with Crippen molar-refractivity contribution in [2.45, 2.75) is 13.2 Å². The lowest BCUT2D eigenvalue weighted by Gasteiger charge is -2.10. The van der Waals surface area contributed by atoms with E-state index < -0.39 is 0 Å². The van der Waals surface area contributed by atoms with E-state index in [0.29, 0.717) is 24.5 Å². The van der Waals surface area contributed by atoms with Gasteiger partial charge in [0.15, 0.2) is 0 Å². The Morgan fingerprint density at radius 1 is 0.929 bits per heavy atom. The fourth-order valence-corrected chi connectivity index (χ4v) is 2.72. The molecule has 0 bridgehead atoms. The summed E-state index contributed by atoms with van der Waals surface area (Å²) in [6.45, 7) is 0.877. The van der Waals surface area contributed by atoms with Gasteiger partial charge in [-0.3, -0.25) is 0 Å². The van der Waals surface area contributed by atoms with E-state index in [1.165, 1.54) is 0 Å². The number of rotatable bonds is 8. The Morgan fingerprint density at radius 2 is 1.61 bits per heavy atom. The topological polar surface area (TPSA) is 66.6 Å². The van der Waals surface area contributed by atoms with Gasteiger partial charge < -0.3 is 14.9 Å². The van der Waals surface area contributed by atoms with Crippen LogP contribution in [0.3, 0.4) is 0 Å². The zero-order valence-electron chi connectivity index (χ0n) is 15.6. The summed E-state index contributed by atoms with van der Waals surface area (Å²) in [4.78, 5) is 0. The highest BCUT2D eigenvalue weighted by Crippen LogP contribution is 2.19. The molecular formula is C23H21N3O2. The number of ether oxygens (including phenoxy) is 2. The average Bonchev–Trinajstić information content (AvgIpc) is 2.76. The highest BCUT2D eigenvalue weighted by molar-refractivity contribution is 5.83. The molecule has 0 aliphatic heterocycles. The third-order valence-corrected chi connectivity index (χ3v) is 4.20. The fraction of sp³-hybridized carbons (Fsp3) is 0.130. The third-order valence-electron chi connectivity index (χ3n) is 4.20. The number of nitriles is 1. The molecule has 3 aromatic carbocycles. The van der Waals surface area contributed by atoms with E-state index in [1.807, 2.05) is 66.7 Å². The second kappa shape index (κ2) is 9.79. The fourth-order valence-electron chi connectivity index (χ4n) is 2.72. The van der Waals surface area contributed by atoms with E-state index in [2.05, 4.69) is 16.6 Å². The maximum absolute atomic E-state index is 9.20. The minimum atomic E-state index is 0.323. The maximum atomic E-state index is 9.20. The van der Waals surface area contributed by atoms with Crippen LogP contribution in [0.5, 0.6) is 11.5 Å². The van der Waals surface area contributed by atoms with Crippen LogP contribution in [-0.4, -0.2) is 13.3 Å². The van der Waals surface area contributed by atoms with Gasteiger partial charge in [0.05, 0.1) is 31.5 Å². The molecule has 0 aliphatic carbocycles. The van der Waals surface area contributed by atoms with Crippen molar-refractivity contribution in [3.63, 3.8) is 0 Å². The average molecular weight is 371 g/mol. The number of hydrogen-bond donors (Lipinski definition) is 1. The van der Waals surface area contributed by atoms with Gasteiger partial charge in [0.25, 0.3) is 0 Å². The number of hydrogen-bond acceptors (Lipinski definition) is 5. The molecule has 0 atom stereocenters. The second-order valence-corrected chi connectivity index (χ2v) is 6.00. The highest BCUT2D eigenvalue weighted by Gasteiger charge is 2.05. The summed E-state index contributed by atoms with van der Waals surface area (Å²) in [6.07, 6.45) is 1.72. The molecule has 3 aromatic rings. The van der Waals surface area contributed by atoms with Gasteiger partial charge in [-0.2, -0.15) is 10.4 Å². The predicted octanol–water partition coefficient (Wildman–Crippen LogP) is 4.27. The number of nitrogens with zero attached hydrogens (tertiary/aromatic N) is 2. The molecule has 0 fully saturated rings. The number of para-hydroxylation sites is 2. The van der Waals surface area contributed by atoms with Gasteiger partial charge in [-0.1, -0.05) is 48.5 Å². The van der Waals surface area contributed by atoms with Crippen LogP contribution in [0.1, 0.15) is 22.3 Å². The molecule has 0 saturated carbocycles. The van der Waals surface area contributed by atoms with Crippen molar-refractivity contribution in [1.29, 1.82) is 5.26 Å². The lowest BCUT2D eigenvalue weighted by atomic mass is 10.1. The molecule has 3 rings (SSSR count). The Balaban J connectivity index is 1.63. The molecule has 0 heterocycles. The SMILES string of the molecule is COc1ccccc1CN/N=C/c1ccccc1OCc1ccccc1C#N. The molecule has 0 amide bonds. The second-order valence-electron chi connectivity index (χ2n) is 6.00. The first kappa shape index (κ1) is 19.0. The van der Waals surface area contributed by atoms with E-state index >= 15 is 0 Å². The molecule has 0 saturated heterocycles. The van der Waals surface area contributed by atoms with Crippen LogP contribution in [0.25, 0.3) is 0 Å². The van der Waals surface area contributed by atoms with E-state index in [-0.39, 0.29) is 0 Å². The monoisotopic (exact) mass is 371 g/mol. The minimum absolute atomic E-state index is 0.323. The third kappa shape index (κ3) is 4.89. The normalized spacial score (nSPS) is 10.4. The first-order valence-corrected chi connectivity index (χ1v) is 8.89. The zero-order chi connectivity index (χ0) is 19.6. The van der Waals surface area contributed by atoms with Crippen molar-refractivity contribution >= 4 is 6.21 Å². The van der Waals surface area contributed by atoms with Gasteiger partial charge in [-0.15, -0.1) is 0 Å². The molecule has 28 heavy (non-hydrogen) atoms. The molecule has 5 nitrogen and oxygen atoms in total. The summed E-state index contributed by atoms with van der Waals surface area (Å²) in [5.41, 5.74) is 6.38. The van der Waals surface area contributed by atoms with E-state index in [0.717, 1.165) is 22.4 Å². The smallest absolute Gasteiger partial charge is 0.128 e. The molecule has 0 aliphatic rings. The van der Waals surface area contributed by atoms with Crippen LogP contribution < -0.4 is 14.9 Å².